The molecule has 0 N–H and O–H groups in total. The first kappa shape index (κ1) is 22.0. The average Bonchev–Trinajstić information content (AvgIpc) is 3.24. The van der Waals surface area contributed by atoms with E-state index in [1.807, 2.05) is 49.4 Å². The molecule has 0 spiro atoms. The van der Waals surface area contributed by atoms with Crippen molar-refractivity contribution in [1.82, 2.24) is 19.5 Å². The number of carbonyl (C=O) groups excluding carboxylic acids is 2. The zero-order valence-electron chi connectivity index (χ0n) is 19.2. The number of esters is 1. The standard InChI is InChI=1S/C25H30N4O3/c1-5-32-24(31)18-11-13-28(14-12-18)23(30)20-15-19(17-9-7-6-8-10-17)26-22-16-21(25(2,3)4)27-29(20)22/h6-10,15-16,18H,5,11-14H2,1-4H3. The molecule has 0 aliphatic carbocycles. The van der Waals surface area contributed by atoms with Crippen molar-refractivity contribution in [2.24, 2.45) is 5.92 Å². The quantitative estimate of drug-likeness (QED) is 0.578. The molecule has 1 aliphatic rings. The summed E-state index contributed by atoms with van der Waals surface area (Å²) in [5, 5.41) is 4.73. The molecule has 0 saturated carbocycles. The fourth-order valence-electron chi connectivity index (χ4n) is 3.99. The molecule has 1 aliphatic heterocycles. The number of hydrogen-bond acceptors (Lipinski definition) is 5. The van der Waals surface area contributed by atoms with Crippen LogP contribution in [0.15, 0.2) is 42.5 Å². The average molecular weight is 435 g/mol. The summed E-state index contributed by atoms with van der Waals surface area (Å²) in [6.07, 6.45) is 1.22. The number of fused-ring (bicyclic) bond motifs is 1. The van der Waals surface area contributed by atoms with Crippen LogP contribution in [0.4, 0.5) is 0 Å². The summed E-state index contributed by atoms with van der Waals surface area (Å²) in [7, 11) is 0. The second kappa shape index (κ2) is 8.73. The van der Waals surface area contributed by atoms with Gasteiger partial charge in [0.25, 0.3) is 5.91 Å². The van der Waals surface area contributed by atoms with E-state index in [9.17, 15) is 9.59 Å². The van der Waals surface area contributed by atoms with Crippen molar-refractivity contribution in [2.45, 2.75) is 46.0 Å². The molecule has 7 nitrogen and oxygen atoms in total. The van der Waals surface area contributed by atoms with Crippen LogP contribution in [0.3, 0.4) is 0 Å². The van der Waals surface area contributed by atoms with E-state index in [1.54, 1.807) is 9.42 Å². The molecule has 2 aromatic heterocycles. The molecule has 0 unspecified atom stereocenters. The minimum atomic E-state index is -0.168. The Labute approximate surface area is 188 Å². The molecule has 4 rings (SSSR count). The van der Waals surface area contributed by atoms with E-state index < -0.39 is 0 Å². The maximum Gasteiger partial charge on any atom is 0.309 e. The molecular formula is C25H30N4O3. The second-order valence-corrected chi connectivity index (χ2v) is 9.26. The van der Waals surface area contributed by atoms with Gasteiger partial charge in [0.15, 0.2) is 5.65 Å². The monoisotopic (exact) mass is 434 g/mol. The molecule has 3 aromatic rings. The van der Waals surface area contributed by atoms with Crippen LogP contribution in [0.25, 0.3) is 16.9 Å². The Balaban J connectivity index is 1.69. The molecule has 1 saturated heterocycles. The van der Waals surface area contributed by atoms with Crippen LogP contribution in [-0.2, 0) is 14.9 Å². The van der Waals surface area contributed by atoms with Gasteiger partial charge in [-0.3, -0.25) is 9.59 Å². The summed E-state index contributed by atoms with van der Waals surface area (Å²) in [6.45, 7) is 9.49. The highest BCUT2D eigenvalue weighted by Crippen LogP contribution is 2.27. The van der Waals surface area contributed by atoms with Gasteiger partial charge < -0.3 is 9.64 Å². The van der Waals surface area contributed by atoms with Crippen molar-refractivity contribution in [3.63, 3.8) is 0 Å². The Morgan fingerprint density at radius 3 is 2.41 bits per heavy atom. The summed E-state index contributed by atoms with van der Waals surface area (Å²) in [4.78, 5) is 32.2. The van der Waals surface area contributed by atoms with Crippen LogP contribution in [0.1, 0.15) is 56.7 Å². The molecule has 1 aromatic carbocycles. The molecular weight excluding hydrogens is 404 g/mol. The van der Waals surface area contributed by atoms with Crippen molar-refractivity contribution in [3.05, 3.63) is 53.9 Å². The summed E-state index contributed by atoms with van der Waals surface area (Å²) >= 11 is 0. The van der Waals surface area contributed by atoms with Crippen molar-refractivity contribution in [3.8, 4) is 11.3 Å². The SMILES string of the molecule is CCOC(=O)C1CCN(C(=O)c2cc(-c3ccccc3)nc3cc(C(C)(C)C)nn23)CC1. The summed E-state index contributed by atoms with van der Waals surface area (Å²) < 4.78 is 6.81. The van der Waals surface area contributed by atoms with Gasteiger partial charge in [-0.15, -0.1) is 0 Å². The number of hydrogen-bond donors (Lipinski definition) is 0. The molecule has 1 amide bonds. The van der Waals surface area contributed by atoms with Crippen LogP contribution in [0.5, 0.6) is 0 Å². The summed E-state index contributed by atoms with van der Waals surface area (Å²) in [5.74, 6) is -0.409. The van der Waals surface area contributed by atoms with Gasteiger partial charge in [0.2, 0.25) is 0 Å². The number of likely N-dealkylation sites (tertiary alicyclic amines) is 1. The normalized spacial score (nSPS) is 15.2. The van der Waals surface area contributed by atoms with Crippen molar-refractivity contribution in [1.29, 1.82) is 0 Å². The fourth-order valence-corrected chi connectivity index (χ4v) is 3.99. The van der Waals surface area contributed by atoms with Crippen LogP contribution in [0.2, 0.25) is 0 Å². The van der Waals surface area contributed by atoms with Gasteiger partial charge in [0.05, 0.1) is 23.9 Å². The Morgan fingerprint density at radius 1 is 1.09 bits per heavy atom. The molecule has 7 heteroatoms. The van der Waals surface area contributed by atoms with Gasteiger partial charge in [-0.1, -0.05) is 51.1 Å². The third-order valence-electron chi connectivity index (χ3n) is 5.89. The lowest BCUT2D eigenvalue weighted by Gasteiger charge is -2.31. The third kappa shape index (κ3) is 4.38. The number of benzene rings is 1. The largest absolute Gasteiger partial charge is 0.466 e. The lowest BCUT2D eigenvalue weighted by molar-refractivity contribution is -0.149. The zero-order valence-corrected chi connectivity index (χ0v) is 19.2. The Kier molecular flexibility index (Phi) is 6.00. The number of aromatic nitrogens is 3. The first-order valence-corrected chi connectivity index (χ1v) is 11.2. The molecule has 0 bridgehead atoms. The summed E-state index contributed by atoms with van der Waals surface area (Å²) in [6, 6.07) is 13.6. The first-order chi connectivity index (χ1) is 15.3. The van der Waals surface area contributed by atoms with Gasteiger partial charge in [-0.2, -0.15) is 5.10 Å². The molecule has 3 heterocycles. The van der Waals surface area contributed by atoms with Crippen molar-refractivity contribution < 1.29 is 14.3 Å². The van der Waals surface area contributed by atoms with E-state index in [2.05, 4.69) is 20.8 Å². The number of rotatable bonds is 4. The predicted octanol–water partition coefficient (Wildman–Crippen LogP) is 4.11. The first-order valence-electron chi connectivity index (χ1n) is 11.2. The lowest BCUT2D eigenvalue weighted by atomic mass is 9.93. The molecule has 0 radical (unpaired) electrons. The van der Waals surface area contributed by atoms with Crippen molar-refractivity contribution in [2.75, 3.05) is 19.7 Å². The number of amides is 1. The van der Waals surface area contributed by atoms with E-state index in [-0.39, 0.29) is 23.2 Å². The fraction of sp³-hybridized carbons (Fsp3) is 0.440. The van der Waals surface area contributed by atoms with E-state index in [1.165, 1.54) is 0 Å². The second-order valence-electron chi connectivity index (χ2n) is 9.26. The third-order valence-corrected chi connectivity index (χ3v) is 5.89. The molecule has 1 fully saturated rings. The number of nitrogens with zero attached hydrogens (tertiary/aromatic N) is 4. The maximum atomic E-state index is 13.6. The van der Waals surface area contributed by atoms with Gasteiger partial charge in [0.1, 0.15) is 5.69 Å². The Bertz CT molecular complexity index is 1120. The highest BCUT2D eigenvalue weighted by Gasteiger charge is 2.30. The number of ether oxygens (including phenoxy) is 1. The Morgan fingerprint density at radius 2 is 1.78 bits per heavy atom. The zero-order chi connectivity index (χ0) is 22.9. The topological polar surface area (TPSA) is 76.8 Å². The molecule has 32 heavy (non-hydrogen) atoms. The number of piperidine rings is 1. The van der Waals surface area contributed by atoms with E-state index >= 15 is 0 Å². The van der Waals surface area contributed by atoms with Crippen LogP contribution in [-0.4, -0.2) is 51.1 Å². The minimum Gasteiger partial charge on any atom is -0.466 e. The van der Waals surface area contributed by atoms with E-state index in [0.717, 1.165) is 17.0 Å². The molecule has 0 atom stereocenters. The van der Waals surface area contributed by atoms with E-state index in [0.29, 0.717) is 43.9 Å². The van der Waals surface area contributed by atoms with Crippen molar-refractivity contribution >= 4 is 17.5 Å². The number of carbonyl (C=O) groups is 2. The maximum absolute atomic E-state index is 13.6. The van der Waals surface area contributed by atoms with Gasteiger partial charge >= 0.3 is 5.97 Å². The van der Waals surface area contributed by atoms with Gasteiger partial charge in [0, 0.05) is 30.1 Å². The van der Waals surface area contributed by atoms with E-state index in [4.69, 9.17) is 14.8 Å². The van der Waals surface area contributed by atoms with Gasteiger partial charge in [-0.25, -0.2) is 9.50 Å². The lowest BCUT2D eigenvalue weighted by Crippen LogP contribution is -2.41. The van der Waals surface area contributed by atoms with Crippen LogP contribution >= 0.6 is 0 Å². The highest BCUT2D eigenvalue weighted by atomic mass is 16.5. The molecule has 168 valence electrons. The van der Waals surface area contributed by atoms with Crippen LogP contribution < -0.4 is 0 Å². The predicted molar refractivity (Wildman–Crippen MR) is 122 cm³/mol. The minimum absolute atomic E-state index is 0.0968. The Hall–Kier alpha value is -3.22. The van der Waals surface area contributed by atoms with Gasteiger partial charge in [-0.05, 0) is 25.8 Å². The summed E-state index contributed by atoms with van der Waals surface area (Å²) in [5.41, 5.74) is 3.54. The highest BCUT2D eigenvalue weighted by molar-refractivity contribution is 5.94. The smallest absolute Gasteiger partial charge is 0.309 e. The van der Waals surface area contributed by atoms with Crippen LogP contribution in [0, 0.1) is 5.92 Å².